The second kappa shape index (κ2) is 6.03. The molecule has 8 heteroatoms. The summed E-state index contributed by atoms with van der Waals surface area (Å²) in [5.41, 5.74) is 6.66. The number of anilines is 1. The van der Waals surface area contributed by atoms with Crippen LogP contribution in [0.1, 0.15) is 13.2 Å². The maximum atomic E-state index is 10.8. The number of aliphatic hydroxyl groups is 3. The number of nitrogen functional groups attached to an aromatic ring is 1. The average Bonchev–Trinajstić information content (AvgIpc) is 3.13. The SMILES string of the molecule is C[C@@]1(O)[C@H](O)[C@@H](CO)O[C@H]1n1cc(-c2ccccc2)c2c(N)ncnc21. The van der Waals surface area contributed by atoms with Crippen LogP contribution >= 0.6 is 0 Å². The van der Waals surface area contributed by atoms with Crippen molar-refractivity contribution in [3.8, 4) is 11.1 Å². The Hall–Kier alpha value is -2.52. The van der Waals surface area contributed by atoms with Crippen molar-refractivity contribution in [1.82, 2.24) is 14.5 Å². The molecule has 1 aliphatic rings. The zero-order chi connectivity index (χ0) is 18.5. The standard InChI is InChI=1S/C18H20N4O4/c1-18(25)14(24)12(8-23)26-17(18)22-7-11(10-5-3-2-4-6-10)13-15(19)20-9-21-16(13)22/h2-7,9,12,14,17,23-25H,8H2,1H3,(H2,19,20,21)/t12-,14-,17-,18-/m1/s1. The van der Waals surface area contributed by atoms with E-state index in [0.717, 1.165) is 11.1 Å². The van der Waals surface area contributed by atoms with Gasteiger partial charge in [0.15, 0.2) is 6.23 Å². The summed E-state index contributed by atoms with van der Waals surface area (Å²) in [4.78, 5) is 8.39. The van der Waals surface area contributed by atoms with Crippen LogP contribution in [0.15, 0.2) is 42.9 Å². The molecule has 0 bridgehead atoms. The number of rotatable bonds is 3. The molecule has 2 aromatic heterocycles. The molecule has 1 aliphatic heterocycles. The van der Waals surface area contributed by atoms with Crippen LogP contribution in [-0.4, -0.2) is 54.3 Å². The summed E-state index contributed by atoms with van der Waals surface area (Å²) >= 11 is 0. The number of hydrogen-bond donors (Lipinski definition) is 4. The molecule has 0 saturated carbocycles. The van der Waals surface area contributed by atoms with Crippen LogP contribution in [0.3, 0.4) is 0 Å². The van der Waals surface area contributed by atoms with Crippen LogP contribution in [-0.2, 0) is 4.74 Å². The smallest absolute Gasteiger partial charge is 0.167 e. The van der Waals surface area contributed by atoms with Crippen molar-refractivity contribution in [3.63, 3.8) is 0 Å². The van der Waals surface area contributed by atoms with Crippen molar-refractivity contribution in [2.75, 3.05) is 12.3 Å². The second-order valence-electron chi connectivity index (χ2n) is 6.65. The summed E-state index contributed by atoms with van der Waals surface area (Å²) in [5.74, 6) is 0.310. The van der Waals surface area contributed by atoms with E-state index >= 15 is 0 Å². The second-order valence-corrected chi connectivity index (χ2v) is 6.65. The molecule has 136 valence electrons. The molecule has 8 nitrogen and oxygen atoms in total. The van der Waals surface area contributed by atoms with Crippen LogP contribution in [0.5, 0.6) is 0 Å². The van der Waals surface area contributed by atoms with Crippen molar-refractivity contribution in [2.45, 2.75) is 31.0 Å². The first-order valence-electron chi connectivity index (χ1n) is 8.28. The first-order chi connectivity index (χ1) is 12.4. The Morgan fingerprint density at radius 2 is 2.00 bits per heavy atom. The van der Waals surface area contributed by atoms with Gasteiger partial charge in [-0.2, -0.15) is 0 Å². The van der Waals surface area contributed by atoms with E-state index in [9.17, 15) is 15.3 Å². The Bertz CT molecular complexity index is 941. The fourth-order valence-electron chi connectivity index (χ4n) is 3.51. The lowest BCUT2D eigenvalue weighted by Gasteiger charge is -2.27. The molecule has 0 unspecified atom stereocenters. The lowest BCUT2D eigenvalue weighted by molar-refractivity contribution is -0.0948. The summed E-state index contributed by atoms with van der Waals surface area (Å²) in [6.45, 7) is 1.06. The normalized spacial score (nSPS) is 28.7. The van der Waals surface area contributed by atoms with E-state index in [-0.39, 0.29) is 0 Å². The molecular formula is C18H20N4O4. The maximum Gasteiger partial charge on any atom is 0.167 e. The number of hydrogen-bond acceptors (Lipinski definition) is 7. The van der Waals surface area contributed by atoms with Crippen LogP contribution in [0.4, 0.5) is 5.82 Å². The van der Waals surface area contributed by atoms with E-state index in [1.54, 1.807) is 10.8 Å². The zero-order valence-electron chi connectivity index (χ0n) is 14.1. The molecule has 1 fully saturated rings. The molecule has 3 aromatic rings. The third-order valence-corrected chi connectivity index (χ3v) is 4.91. The van der Waals surface area contributed by atoms with Crippen molar-refractivity contribution in [3.05, 3.63) is 42.9 Å². The lowest BCUT2D eigenvalue weighted by Crippen LogP contribution is -2.44. The fraction of sp³-hybridized carbons (Fsp3) is 0.333. The predicted molar refractivity (Wildman–Crippen MR) is 95.0 cm³/mol. The van der Waals surface area contributed by atoms with Gasteiger partial charge in [-0.1, -0.05) is 30.3 Å². The molecule has 1 saturated heterocycles. The molecule has 3 heterocycles. The maximum absolute atomic E-state index is 10.8. The highest BCUT2D eigenvalue weighted by molar-refractivity contribution is 6.00. The lowest BCUT2D eigenvalue weighted by atomic mass is 9.96. The van der Waals surface area contributed by atoms with Crippen molar-refractivity contribution >= 4 is 16.9 Å². The molecule has 26 heavy (non-hydrogen) atoms. The molecule has 0 aliphatic carbocycles. The van der Waals surface area contributed by atoms with Crippen LogP contribution < -0.4 is 5.73 Å². The van der Waals surface area contributed by atoms with Gasteiger partial charge in [0, 0.05) is 11.8 Å². The Morgan fingerprint density at radius 3 is 2.65 bits per heavy atom. The minimum Gasteiger partial charge on any atom is -0.394 e. The number of aliphatic hydroxyl groups excluding tert-OH is 2. The van der Waals surface area contributed by atoms with Gasteiger partial charge in [-0.05, 0) is 12.5 Å². The number of nitrogens with two attached hydrogens (primary N) is 1. The first kappa shape index (κ1) is 16.9. The molecule has 0 radical (unpaired) electrons. The number of nitrogens with zero attached hydrogens (tertiary/aromatic N) is 3. The Balaban J connectivity index is 1.94. The van der Waals surface area contributed by atoms with Gasteiger partial charge in [0.1, 0.15) is 35.6 Å². The summed E-state index contributed by atoms with van der Waals surface area (Å²) in [7, 11) is 0. The molecule has 0 spiro atoms. The highest BCUT2D eigenvalue weighted by Gasteiger charge is 2.53. The number of aromatic nitrogens is 3. The number of ether oxygens (including phenoxy) is 1. The van der Waals surface area contributed by atoms with Crippen molar-refractivity contribution in [1.29, 1.82) is 0 Å². The van der Waals surface area contributed by atoms with E-state index in [4.69, 9.17) is 10.5 Å². The van der Waals surface area contributed by atoms with Crippen LogP contribution in [0.2, 0.25) is 0 Å². The van der Waals surface area contributed by atoms with Crippen LogP contribution in [0, 0.1) is 0 Å². The minimum atomic E-state index is -1.62. The van der Waals surface area contributed by atoms with Gasteiger partial charge in [0.25, 0.3) is 0 Å². The molecule has 5 N–H and O–H groups in total. The summed E-state index contributed by atoms with van der Waals surface area (Å²) in [5, 5.41) is 31.2. The zero-order valence-corrected chi connectivity index (χ0v) is 14.1. The predicted octanol–water partition coefficient (Wildman–Crippen LogP) is 0.682. The number of fused-ring (bicyclic) bond motifs is 1. The van der Waals surface area contributed by atoms with Crippen molar-refractivity contribution in [2.24, 2.45) is 0 Å². The summed E-state index contributed by atoms with van der Waals surface area (Å²) < 4.78 is 7.37. The monoisotopic (exact) mass is 356 g/mol. The minimum absolute atomic E-state index is 0.310. The van der Waals surface area contributed by atoms with Gasteiger partial charge in [-0.3, -0.25) is 0 Å². The average molecular weight is 356 g/mol. The third-order valence-electron chi connectivity index (χ3n) is 4.91. The molecule has 1 aromatic carbocycles. The van der Waals surface area contributed by atoms with Gasteiger partial charge in [0.2, 0.25) is 0 Å². The first-order valence-corrected chi connectivity index (χ1v) is 8.28. The summed E-state index contributed by atoms with van der Waals surface area (Å²) in [6.07, 6.45) is 0.0356. The summed E-state index contributed by atoms with van der Waals surface area (Å²) in [6, 6.07) is 9.60. The van der Waals surface area contributed by atoms with Crippen LogP contribution in [0.25, 0.3) is 22.2 Å². The molecule has 4 rings (SSSR count). The number of benzene rings is 1. The quantitative estimate of drug-likeness (QED) is 0.543. The van der Waals surface area contributed by atoms with E-state index in [0.29, 0.717) is 16.9 Å². The topological polar surface area (TPSA) is 127 Å². The Morgan fingerprint density at radius 1 is 1.27 bits per heavy atom. The van der Waals surface area contributed by atoms with Gasteiger partial charge in [-0.15, -0.1) is 0 Å². The largest absolute Gasteiger partial charge is 0.394 e. The third kappa shape index (κ3) is 2.38. The highest BCUT2D eigenvalue weighted by Crippen LogP contribution is 2.42. The fourth-order valence-corrected chi connectivity index (χ4v) is 3.51. The van der Waals surface area contributed by atoms with Crippen molar-refractivity contribution < 1.29 is 20.1 Å². The molecule has 4 atom stereocenters. The molecular weight excluding hydrogens is 336 g/mol. The van der Waals surface area contributed by atoms with E-state index < -0.39 is 30.6 Å². The Kier molecular flexibility index (Phi) is 3.92. The Labute approximate surface area is 149 Å². The highest BCUT2D eigenvalue weighted by atomic mass is 16.6. The van der Waals surface area contributed by atoms with Gasteiger partial charge in [-0.25, -0.2) is 9.97 Å². The van der Waals surface area contributed by atoms with E-state index in [1.165, 1.54) is 13.3 Å². The van der Waals surface area contributed by atoms with Gasteiger partial charge >= 0.3 is 0 Å². The van der Waals surface area contributed by atoms with Gasteiger partial charge < -0.3 is 30.4 Å². The van der Waals surface area contributed by atoms with Gasteiger partial charge in [0.05, 0.1) is 12.0 Å². The van der Waals surface area contributed by atoms with E-state index in [1.807, 2.05) is 30.3 Å². The van der Waals surface area contributed by atoms with E-state index in [2.05, 4.69) is 9.97 Å². The molecule has 0 amide bonds.